The van der Waals surface area contributed by atoms with Gasteiger partial charge in [-0.25, -0.2) is 9.18 Å². The van der Waals surface area contributed by atoms with Crippen LogP contribution in [0.5, 0.6) is 0 Å². The Labute approximate surface area is 148 Å². The number of fused-ring (bicyclic) bond motifs is 1. The molecule has 8 heteroatoms. The number of carboxylic acids is 1. The Morgan fingerprint density at radius 1 is 1.36 bits per heavy atom. The number of pyridine rings is 1. The molecule has 1 saturated heterocycles. The fraction of sp³-hybridized carbons (Fsp3) is 0.529. The van der Waals surface area contributed by atoms with Crippen LogP contribution in [0.3, 0.4) is 0 Å². The summed E-state index contributed by atoms with van der Waals surface area (Å²) in [7, 11) is 0. The van der Waals surface area contributed by atoms with Gasteiger partial charge in [-0.1, -0.05) is 17.7 Å². The van der Waals surface area contributed by atoms with E-state index >= 15 is 4.39 Å². The van der Waals surface area contributed by atoms with Crippen molar-refractivity contribution in [3.8, 4) is 0 Å². The maximum atomic E-state index is 15.8. The van der Waals surface area contributed by atoms with Gasteiger partial charge in [0.25, 0.3) is 5.13 Å². The van der Waals surface area contributed by atoms with E-state index in [4.69, 9.17) is 16.3 Å². The largest absolute Gasteiger partial charge is 0.477 e. The highest BCUT2D eigenvalue weighted by molar-refractivity contribution is 6.24. The number of morpholine rings is 1. The highest BCUT2D eigenvalue weighted by atomic mass is 35.5. The molecule has 0 aromatic carbocycles. The number of hydrogen-bond donors (Lipinski definition) is 1. The molecule has 1 unspecified atom stereocenters. The first kappa shape index (κ1) is 16.6. The molecule has 0 radical (unpaired) electrons. The standard InChI is InChI=1S/C17H18ClFN2O4/c18-17(19)13(20-5-7-25-8-6-20)4-3-11-14(22)12(16(23)24)9-21(15(11)17)10-1-2-10/h4,9-10H,1-3,5-8H2,(H,23,24). The highest BCUT2D eigenvalue weighted by Gasteiger charge is 2.46. The van der Waals surface area contributed by atoms with E-state index in [2.05, 4.69) is 0 Å². The number of allylic oxidation sites excluding steroid dienone is 2. The second kappa shape index (κ2) is 5.85. The van der Waals surface area contributed by atoms with Gasteiger partial charge in [-0.2, -0.15) is 0 Å². The summed E-state index contributed by atoms with van der Waals surface area (Å²) in [6.07, 6.45) is 4.66. The molecule has 1 N–H and O–H groups in total. The van der Waals surface area contributed by atoms with Crippen LogP contribution in [0, 0.1) is 0 Å². The molecule has 1 aromatic rings. The predicted molar refractivity (Wildman–Crippen MR) is 88.8 cm³/mol. The molecule has 3 aliphatic rings. The number of halogens is 2. The lowest BCUT2D eigenvalue weighted by Gasteiger charge is -2.39. The maximum Gasteiger partial charge on any atom is 0.341 e. The summed E-state index contributed by atoms with van der Waals surface area (Å²) in [5.74, 6) is -1.30. The Kier molecular flexibility index (Phi) is 3.88. The molecule has 1 aromatic heterocycles. The van der Waals surface area contributed by atoms with E-state index in [1.54, 1.807) is 10.6 Å². The van der Waals surface area contributed by atoms with Crippen molar-refractivity contribution in [2.45, 2.75) is 30.4 Å². The van der Waals surface area contributed by atoms with Crippen LogP contribution in [-0.2, 0) is 16.3 Å². The first-order chi connectivity index (χ1) is 11.9. The van der Waals surface area contributed by atoms with Crippen molar-refractivity contribution < 1.29 is 19.0 Å². The van der Waals surface area contributed by atoms with Gasteiger partial charge in [-0.3, -0.25) is 4.79 Å². The molecule has 0 bridgehead atoms. The third kappa shape index (κ3) is 2.66. The van der Waals surface area contributed by atoms with Gasteiger partial charge in [0.2, 0.25) is 0 Å². The highest BCUT2D eigenvalue weighted by Crippen LogP contribution is 2.48. The van der Waals surface area contributed by atoms with E-state index in [-0.39, 0.29) is 29.3 Å². The number of nitrogens with zero attached hydrogens (tertiary/aromatic N) is 2. The summed E-state index contributed by atoms with van der Waals surface area (Å²) >= 11 is 6.36. The Morgan fingerprint density at radius 2 is 2.04 bits per heavy atom. The lowest BCUT2D eigenvalue weighted by molar-refractivity contribution is 0.0417. The number of carboxylic acid groups (broad SMARTS) is 1. The third-order valence-corrected chi connectivity index (χ3v) is 5.34. The monoisotopic (exact) mass is 368 g/mol. The molecule has 6 nitrogen and oxygen atoms in total. The molecule has 4 rings (SSSR count). The van der Waals surface area contributed by atoms with Gasteiger partial charge >= 0.3 is 5.97 Å². The van der Waals surface area contributed by atoms with Gasteiger partial charge in [0.1, 0.15) is 5.56 Å². The topological polar surface area (TPSA) is 71.8 Å². The van der Waals surface area contributed by atoms with E-state index in [1.165, 1.54) is 6.20 Å². The molecule has 2 fully saturated rings. The Balaban J connectivity index is 1.87. The van der Waals surface area contributed by atoms with Crippen molar-refractivity contribution in [1.29, 1.82) is 0 Å². The van der Waals surface area contributed by atoms with Gasteiger partial charge in [-0.15, -0.1) is 0 Å². The summed E-state index contributed by atoms with van der Waals surface area (Å²) in [5.41, 5.74) is -0.431. The number of rotatable bonds is 3. The van der Waals surface area contributed by atoms with Crippen molar-refractivity contribution in [2.24, 2.45) is 0 Å². The van der Waals surface area contributed by atoms with Crippen LogP contribution in [0.25, 0.3) is 0 Å². The number of hydrogen-bond acceptors (Lipinski definition) is 4. The molecule has 1 aliphatic heterocycles. The predicted octanol–water partition coefficient (Wildman–Crippen LogP) is 2.01. The van der Waals surface area contributed by atoms with E-state index in [9.17, 15) is 14.7 Å². The second-order valence-corrected chi connectivity index (χ2v) is 7.13. The number of aromatic carboxylic acids is 1. The van der Waals surface area contributed by atoms with E-state index in [0.29, 0.717) is 32.0 Å². The van der Waals surface area contributed by atoms with E-state index in [0.717, 1.165) is 12.8 Å². The maximum absolute atomic E-state index is 15.8. The fourth-order valence-corrected chi connectivity index (χ4v) is 4.01. The molecule has 1 atom stereocenters. The first-order valence-corrected chi connectivity index (χ1v) is 8.72. The number of carbonyl (C=O) groups is 1. The third-order valence-electron chi connectivity index (χ3n) is 4.97. The summed E-state index contributed by atoms with van der Waals surface area (Å²) in [5, 5.41) is 6.94. The van der Waals surface area contributed by atoms with Crippen molar-refractivity contribution in [3.63, 3.8) is 0 Å². The van der Waals surface area contributed by atoms with Crippen molar-refractivity contribution in [3.05, 3.63) is 45.0 Å². The smallest absolute Gasteiger partial charge is 0.341 e. The lowest BCUT2D eigenvalue weighted by Crippen LogP contribution is -2.44. The van der Waals surface area contributed by atoms with Gasteiger partial charge in [0.15, 0.2) is 5.43 Å². The second-order valence-electron chi connectivity index (χ2n) is 6.61. The molecule has 134 valence electrons. The zero-order valence-corrected chi connectivity index (χ0v) is 14.3. The SMILES string of the molecule is O=C(O)c1cn(C2CC2)c2c(c1=O)CC=C(N1CCOCC1)C2(F)Cl. The van der Waals surface area contributed by atoms with E-state index < -0.39 is 16.5 Å². The van der Waals surface area contributed by atoms with Gasteiger partial charge in [0, 0.05) is 30.9 Å². The molecule has 2 heterocycles. The molecular formula is C17H18ClFN2O4. The number of alkyl halides is 2. The van der Waals surface area contributed by atoms with Crippen LogP contribution >= 0.6 is 11.6 Å². The van der Waals surface area contributed by atoms with Gasteiger partial charge in [-0.05, 0) is 19.3 Å². The molecule has 1 saturated carbocycles. The summed E-state index contributed by atoms with van der Waals surface area (Å²) in [4.78, 5) is 25.8. The Bertz CT molecular complexity index is 823. The van der Waals surface area contributed by atoms with Crippen LogP contribution in [0.2, 0.25) is 0 Å². The average Bonchev–Trinajstić information content (AvgIpc) is 3.40. The van der Waals surface area contributed by atoms with Crippen LogP contribution in [-0.4, -0.2) is 46.8 Å². The molecular weight excluding hydrogens is 351 g/mol. The van der Waals surface area contributed by atoms with Crippen molar-refractivity contribution >= 4 is 17.6 Å². The van der Waals surface area contributed by atoms with Gasteiger partial charge in [0.05, 0.1) is 24.6 Å². The summed E-state index contributed by atoms with van der Waals surface area (Å²) < 4.78 is 22.7. The van der Waals surface area contributed by atoms with Gasteiger partial charge < -0.3 is 19.3 Å². The summed E-state index contributed by atoms with van der Waals surface area (Å²) in [6.45, 7) is 2.04. The minimum Gasteiger partial charge on any atom is -0.477 e. The van der Waals surface area contributed by atoms with Crippen LogP contribution in [0.4, 0.5) is 4.39 Å². The fourth-order valence-electron chi connectivity index (χ4n) is 3.60. The number of ether oxygens (including phenoxy) is 1. The molecule has 2 aliphatic carbocycles. The minimum absolute atomic E-state index is 0.00892. The normalized spacial score (nSPS) is 26.2. The Morgan fingerprint density at radius 3 is 2.64 bits per heavy atom. The first-order valence-electron chi connectivity index (χ1n) is 8.34. The zero-order chi connectivity index (χ0) is 17.8. The lowest BCUT2D eigenvalue weighted by atomic mass is 9.94. The van der Waals surface area contributed by atoms with Crippen molar-refractivity contribution in [1.82, 2.24) is 9.47 Å². The van der Waals surface area contributed by atoms with Crippen LogP contribution < -0.4 is 5.43 Å². The van der Waals surface area contributed by atoms with Crippen LogP contribution in [0.1, 0.15) is 40.5 Å². The number of aromatic nitrogens is 1. The van der Waals surface area contributed by atoms with Crippen LogP contribution in [0.15, 0.2) is 22.8 Å². The quantitative estimate of drug-likeness (QED) is 0.826. The minimum atomic E-state index is -2.36. The molecule has 25 heavy (non-hydrogen) atoms. The van der Waals surface area contributed by atoms with Crippen molar-refractivity contribution in [2.75, 3.05) is 26.3 Å². The Hall–Kier alpha value is -1.86. The van der Waals surface area contributed by atoms with E-state index in [1.807, 2.05) is 4.90 Å². The zero-order valence-electron chi connectivity index (χ0n) is 13.5. The average molecular weight is 369 g/mol. The summed E-state index contributed by atoms with van der Waals surface area (Å²) in [6, 6.07) is -0.00892. The molecule has 0 amide bonds. The molecule has 0 spiro atoms.